The summed E-state index contributed by atoms with van der Waals surface area (Å²) in [6.07, 6.45) is 0.834. The third-order valence-electron chi connectivity index (χ3n) is 3.26. The molecule has 1 aliphatic heterocycles. The zero-order chi connectivity index (χ0) is 15.9. The molecular formula is C13H15ClFN3O2S. The summed E-state index contributed by atoms with van der Waals surface area (Å²) in [5.41, 5.74) is 1.12. The van der Waals surface area contributed by atoms with Crippen molar-refractivity contribution < 1.29 is 12.8 Å². The van der Waals surface area contributed by atoms with E-state index < -0.39 is 15.9 Å². The highest BCUT2D eigenvalue weighted by Gasteiger charge is 2.30. The normalized spacial score (nSPS) is 16.2. The van der Waals surface area contributed by atoms with Crippen molar-refractivity contribution in [3.05, 3.63) is 40.3 Å². The summed E-state index contributed by atoms with van der Waals surface area (Å²) in [7, 11) is -2.45. The topological polar surface area (TPSA) is 64.5 Å². The molecule has 0 saturated carbocycles. The number of rotatable bonds is 2. The summed E-state index contributed by atoms with van der Waals surface area (Å²) in [5, 5.41) is 7.93. The first kappa shape index (κ1) is 15.8. The van der Waals surface area contributed by atoms with Crippen LogP contribution in [0.25, 0.3) is 0 Å². The van der Waals surface area contributed by atoms with Crippen molar-refractivity contribution in [1.29, 1.82) is 5.41 Å². The molecule has 0 aliphatic carbocycles. The van der Waals surface area contributed by atoms with Crippen LogP contribution < -0.4 is 0 Å². The number of benzene rings is 1. The van der Waals surface area contributed by atoms with E-state index in [-0.39, 0.29) is 17.4 Å². The molecule has 1 aliphatic rings. The SMILES string of the molecule is Cc1cc(S(=O)(=O)N2C=C(F)C(=N)N(C)C2)c(C)cc1Cl. The lowest BCUT2D eigenvalue weighted by Gasteiger charge is -2.32. The molecule has 0 fully saturated rings. The van der Waals surface area contributed by atoms with Crippen molar-refractivity contribution in [1.82, 2.24) is 9.21 Å². The summed E-state index contributed by atoms with van der Waals surface area (Å²) < 4.78 is 39.8. The fourth-order valence-corrected chi connectivity index (χ4v) is 3.81. The van der Waals surface area contributed by atoms with Gasteiger partial charge in [0.1, 0.15) is 6.67 Å². The highest BCUT2D eigenvalue weighted by atomic mass is 35.5. The number of halogens is 2. The molecule has 8 heteroatoms. The second-order valence-corrected chi connectivity index (χ2v) is 7.19. The van der Waals surface area contributed by atoms with Crippen LogP contribution in [0.5, 0.6) is 0 Å². The standard InChI is InChI=1S/C13H15ClFN3O2S/c1-8-5-12(9(2)4-10(8)14)21(19,20)18-6-11(15)13(16)17(3)7-18/h4-6,16H,7H2,1-3H3. The zero-order valence-corrected chi connectivity index (χ0v) is 13.4. The second-order valence-electron chi connectivity index (χ2n) is 4.92. The lowest BCUT2D eigenvalue weighted by Crippen LogP contribution is -2.43. The van der Waals surface area contributed by atoms with Gasteiger partial charge in [0, 0.05) is 12.1 Å². The van der Waals surface area contributed by atoms with E-state index in [0.29, 0.717) is 16.1 Å². The second kappa shape index (κ2) is 5.31. The van der Waals surface area contributed by atoms with Crippen LogP contribution in [0.1, 0.15) is 11.1 Å². The van der Waals surface area contributed by atoms with Gasteiger partial charge in [-0.3, -0.25) is 9.71 Å². The van der Waals surface area contributed by atoms with Crippen molar-refractivity contribution in [2.75, 3.05) is 13.7 Å². The maximum absolute atomic E-state index is 13.6. The van der Waals surface area contributed by atoms with Crippen molar-refractivity contribution in [2.24, 2.45) is 0 Å². The molecule has 0 unspecified atom stereocenters. The van der Waals surface area contributed by atoms with E-state index in [1.807, 2.05) is 0 Å². The summed E-state index contributed by atoms with van der Waals surface area (Å²) in [5.74, 6) is -1.24. The minimum atomic E-state index is -3.90. The Morgan fingerprint density at radius 1 is 1.29 bits per heavy atom. The molecule has 1 aromatic carbocycles. The summed E-state index contributed by atoms with van der Waals surface area (Å²) >= 11 is 5.97. The van der Waals surface area contributed by atoms with Gasteiger partial charge in [0.2, 0.25) is 0 Å². The van der Waals surface area contributed by atoms with Crippen LogP contribution in [0, 0.1) is 19.3 Å². The number of hydrogen-bond acceptors (Lipinski definition) is 3. The quantitative estimate of drug-likeness (QED) is 0.906. The van der Waals surface area contributed by atoms with Crippen LogP contribution in [0.15, 0.2) is 29.1 Å². The molecule has 5 nitrogen and oxygen atoms in total. The van der Waals surface area contributed by atoms with Gasteiger partial charge in [0.25, 0.3) is 10.0 Å². The number of aryl methyl sites for hydroxylation is 2. The molecule has 0 saturated heterocycles. The van der Waals surface area contributed by atoms with Gasteiger partial charge in [-0.2, -0.15) is 0 Å². The first-order valence-electron chi connectivity index (χ1n) is 6.10. The van der Waals surface area contributed by atoms with Crippen LogP contribution in [-0.4, -0.2) is 37.2 Å². The highest BCUT2D eigenvalue weighted by Crippen LogP contribution is 2.28. The Morgan fingerprint density at radius 2 is 1.90 bits per heavy atom. The van der Waals surface area contributed by atoms with Crippen molar-refractivity contribution in [3.8, 4) is 0 Å². The largest absolute Gasteiger partial charge is 0.339 e. The molecular weight excluding hydrogens is 317 g/mol. The summed E-state index contributed by atoms with van der Waals surface area (Å²) in [4.78, 5) is 1.29. The first-order valence-corrected chi connectivity index (χ1v) is 7.92. The molecule has 21 heavy (non-hydrogen) atoms. The van der Waals surface area contributed by atoms with Crippen LogP contribution in [0.4, 0.5) is 4.39 Å². The third-order valence-corrected chi connectivity index (χ3v) is 5.50. The van der Waals surface area contributed by atoms with Gasteiger partial charge in [-0.15, -0.1) is 0 Å². The van der Waals surface area contributed by atoms with Gasteiger partial charge in [0.05, 0.1) is 11.1 Å². The predicted molar refractivity (Wildman–Crippen MR) is 79.5 cm³/mol. The Morgan fingerprint density at radius 3 is 2.48 bits per heavy atom. The molecule has 1 heterocycles. The summed E-state index contributed by atoms with van der Waals surface area (Å²) in [6.45, 7) is 3.22. The number of amidine groups is 1. The molecule has 1 aromatic rings. The lowest BCUT2D eigenvalue weighted by molar-refractivity contribution is 0.340. The van der Waals surface area contributed by atoms with Crippen molar-refractivity contribution >= 4 is 27.5 Å². The van der Waals surface area contributed by atoms with Crippen LogP contribution in [-0.2, 0) is 10.0 Å². The van der Waals surface area contributed by atoms with E-state index in [0.717, 1.165) is 10.5 Å². The first-order chi connectivity index (χ1) is 9.64. The van der Waals surface area contributed by atoms with Gasteiger partial charge in [-0.1, -0.05) is 11.6 Å². The Labute approximate surface area is 128 Å². The predicted octanol–water partition coefficient (Wildman–Crippen LogP) is 2.64. The molecule has 0 bridgehead atoms. The molecule has 0 spiro atoms. The number of nitrogens with one attached hydrogen (secondary N) is 1. The average molecular weight is 332 g/mol. The van der Waals surface area contributed by atoms with Crippen molar-refractivity contribution in [2.45, 2.75) is 18.7 Å². The van der Waals surface area contributed by atoms with E-state index in [1.165, 1.54) is 18.0 Å². The van der Waals surface area contributed by atoms with Crippen LogP contribution >= 0.6 is 11.6 Å². The van der Waals surface area contributed by atoms with E-state index in [2.05, 4.69) is 0 Å². The average Bonchev–Trinajstić information content (AvgIpc) is 2.39. The Bertz CT molecular complexity index is 746. The molecule has 2 rings (SSSR count). The number of sulfonamides is 1. The Balaban J connectivity index is 2.53. The van der Waals surface area contributed by atoms with E-state index in [9.17, 15) is 12.8 Å². The fourth-order valence-electron chi connectivity index (χ4n) is 1.99. The van der Waals surface area contributed by atoms with Gasteiger partial charge in [0.15, 0.2) is 11.7 Å². The van der Waals surface area contributed by atoms with Crippen LogP contribution in [0.3, 0.4) is 0 Å². The monoisotopic (exact) mass is 331 g/mol. The van der Waals surface area contributed by atoms with Gasteiger partial charge in [-0.25, -0.2) is 12.8 Å². The highest BCUT2D eigenvalue weighted by molar-refractivity contribution is 7.89. The number of likely N-dealkylation sites (N-methyl/N-ethyl adjacent to an activating group) is 1. The molecule has 114 valence electrons. The van der Waals surface area contributed by atoms with E-state index in [4.69, 9.17) is 17.0 Å². The Hall–Kier alpha value is -1.60. The zero-order valence-electron chi connectivity index (χ0n) is 11.8. The Kier molecular flexibility index (Phi) is 3.99. The molecule has 0 aromatic heterocycles. The maximum atomic E-state index is 13.6. The minimum Gasteiger partial charge on any atom is -0.339 e. The number of hydrogen-bond donors (Lipinski definition) is 1. The van der Waals surface area contributed by atoms with E-state index in [1.54, 1.807) is 19.9 Å². The lowest BCUT2D eigenvalue weighted by atomic mass is 10.2. The molecule has 0 atom stereocenters. The van der Waals surface area contributed by atoms with Gasteiger partial charge < -0.3 is 4.90 Å². The van der Waals surface area contributed by atoms with Gasteiger partial charge >= 0.3 is 0 Å². The number of nitrogens with zero attached hydrogens (tertiary/aromatic N) is 2. The fraction of sp³-hybridized carbons (Fsp3) is 0.308. The minimum absolute atomic E-state index is 0.0790. The van der Waals surface area contributed by atoms with Crippen LogP contribution in [0.2, 0.25) is 5.02 Å². The van der Waals surface area contributed by atoms with E-state index >= 15 is 0 Å². The smallest absolute Gasteiger partial charge is 0.265 e. The molecule has 1 N–H and O–H groups in total. The van der Waals surface area contributed by atoms with Gasteiger partial charge in [-0.05, 0) is 37.1 Å². The molecule has 0 radical (unpaired) electrons. The van der Waals surface area contributed by atoms with Crippen molar-refractivity contribution in [3.63, 3.8) is 0 Å². The molecule has 0 amide bonds. The third kappa shape index (κ3) is 2.75. The maximum Gasteiger partial charge on any atom is 0.265 e. The summed E-state index contributed by atoms with van der Waals surface area (Å²) in [6, 6.07) is 3.04.